The molecule has 0 aromatic rings. The molecule has 0 aromatic carbocycles. The van der Waals surface area contributed by atoms with Crippen LogP contribution in [0.1, 0.15) is 19.8 Å². The zero-order valence-corrected chi connectivity index (χ0v) is 6.97. The molecule has 0 saturated carbocycles. The highest BCUT2D eigenvalue weighted by Gasteiger charge is 2.24. The summed E-state index contributed by atoms with van der Waals surface area (Å²) in [5, 5.41) is 0. The molecular formula is C8H17NO. The molecule has 1 aliphatic heterocycles. The van der Waals surface area contributed by atoms with E-state index < -0.39 is 0 Å². The molecule has 0 aromatic heterocycles. The van der Waals surface area contributed by atoms with Gasteiger partial charge >= 0.3 is 0 Å². The molecule has 2 heteroatoms. The van der Waals surface area contributed by atoms with Crippen LogP contribution in [0.5, 0.6) is 0 Å². The Labute approximate surface area is 63.2 Å². The second-order valence-electron chi connectivity index (χ2n) is 2.88. The van der Waals surface area contributed by atoms with E-state index >= 15 is 0 Å². The SMILES string of the molecule is CC[C@@H]1CCN1CCOC. The van der Waals surface area contributed by atoms with Crippen molar-refractivity contribution in [2.24, 2.45) is 0 Å². The summed E-state index contributed by atoms with van der Waals surface area (Å²) in [6.45, 7) is 5.54. The second kappa shape index (κ2) is 3.94. The lowest BCUT2D eigenvalue weighted by molar-refractivity contribution is 0.0538. The number of hydrogen-bond acceptors (Lipinski definition) is 2. The summed E-state index contributed by atoms with van der Waals surface area (Å²) in [7, 11) is 1.76. The van der Waals surface area contributed by atoms with Crippen LogP contribution in [0.25, 0.3) is 0 Å². The molecule has 0 spiro atoms. The number of methoxy groups -OCH3 is 1. The van der Waals surface area contributed by atoms with E-state index in [2.05, 4.69) is 11.8 Å². The first kappa shape index (κ1) is 8.02. The van der Waals surface area contributed by atoms with E-state index in [0.29, 0.717) is 0 Å². The molecule has 1 atom stereocenters. The number of ether oxygens (including phenoxy) is 1. The van der Waals surface area contributed by atoms with Gasteiger partial charge in [-0.1, -0.05) is 6.92 Å². The van der Waals surface area contributed by atoms with Crippen molar-refractivity contribution in [3.8, 4) is 0 Å². The van der Waals surface area contributed by atoms with Gasteiger partial charge in [0.25, 0.3) is 0 Å². The summed E-state index contributed by atoms with van der Waals surface area (Å²) in [4.78, 5) is 2.49. The zero-order chi connectivity index (χ0) is 7.40. The summed E-state index contributed by atoms with van der Waals surface area (Å²) >= 11 is 0. The van der Waals surface area contributed by atoms with Gasteiger partial charge in [-0.3, -0.25) is 4.90 Å². The quantitative estimate of drug-likeness (QED) is 0.584. The van der Waals surface area contributed by atoms with E-state index in [0.717, 1.165) is 19.2 Å². The van der Waals surface area contributed by atoms with Crippen LogP contribution in [0.15, 0.2) is 0 Å². The zero-order valence-electron chi connectivity index (χ0n) is 6.97. The molecule has 1 rings (SSSR count). The maximum absolute atomic E-state index is 5.00. The fourth-order valence-corrected chi connectivity index (χ4v) is 1.46. The first-order chi connectivity index (χ1) is 4.88. The first-order valence-corrected chi connectivity index (χ1v) is 4.11. The molecule has 0 N–H and O–H groups in total. The second-order valence-corrected chi connectivity index (χ2v) is 2.88. The number of nitrogens with zero attached hydrogens (tertiary/aromatic N) is 1. The standard InChI is InChI=1S/C8H17NO/c1-3-8-4-5-9(8)6-7-10-2/h8H,3-7H2,1-2H3/t8-/m1/s1. The molecular weight excluding hydrogens is 126 g/mol. The minimum Gasteiger partial charge on any atom is -0.383 e. The topological polar surface area (TPSA) is 12.5 Å². The van der Waals surface area contributed by atoms with Gasteiger partial charge in [0.05, 0.1) is 6.61 Å². The number of likely N-dealkylation sites (tertiary alicyclic amines) is 1. The summed E-state index contributed by atoms with van der Waals surface area (Å²) in [5.41, 5.74) is 0. The van der Waals surface area contributed by atoms with E-state index in [1.165, 1.54) is 19.4 Å². The molecule has 0 aliphatic carbocycles. The van der Waals surface area contributed by atoms with Crippen LogP contribution >= 0.6 is 0 Å². The van der Waals surface area contributed by atoms with Gasteiger partial charge in [0.15, 0.2) is 0 Å². The molecule has 0 amide bonds. The maximum atomic E-state index is 5.00. The van der Waals surface area contributed by atoms with Crippen molar-refractivity contribution in [3.63, 3.8) is 0 Å². The fourth-order valence-electron chi connectivity index (χ4n) is 1.46. The Morgan fingerprint density at radius 2 is 2.40 bits per heavy atom. The van der Waals surface area contributed by atoms with Crippen LogP contribution in [-0.4, -0.2) is 37.7 Å². The third kappa shape index (κ3) is 1.70. The van der Waals surface area contributed by atoms with Gasteiger partial charge in [0, 0.05) is 26.2 Å². The monoisotopic (exact) mass is 143 g/mol. The Morgan fingerprint density at radius 3 is 2.80 bits per heavy atom. The lowest BCUT2D eigenvalue weighted by Crippen LogP contribution is -2.48. The normalized spacial score (nSPS) is 26.4. The minimum atomic E-state index is 0.857. The summed E-state index contributed by atoms with van der Waals surface area (Å²) < 4.78 is 5.00. The highest BCUT2D eigenvalue weighted by atomic mass is 16.5. The summed E-state index contributed by atoms with van der Waals surface area (Å²) in [6, 6.07) is 0.857. The maximum Gasteiger partial charge on any atom is 0.0589 e. The molecule has 10 heavy (non-hydrogen) atoms. The highest BCUT2D eigenvalue weighted by molar-refractivity contribution is 4.80. The van der Waals surface area contributed by atoms with Crippen molar-refractivity contribution in [1.29, 1.82) is 0 Å². The smallest absolute Gasteiger partial charge is 0.0589 e. The molecule has 0 bridgehead atoms. The Hall–Kier alpha value is -0.0800. The van der Waals surface area contributed by atoms with Crippen molar-refractivity contribution in [2.45, 2.75) is 25.8 Å². The molecule has 1 heterocycles. The number of rotatable bonds is 4. The van der Waals surface area contributed by atoms with E-state index in [4.69, 9.17) is 4.74 Å². The van der Waals surface area contributed by atoms with E-state index in [-0.39, 0.29) is 0 Å². The minimum absolute atomic E-state index is 0.857. The third-order valence-electron chi connectivity index (χ3n) is 2.32. The molecule has 0 unspecified atom stereocenters. The largest absolute Gasteiger partial charge is 0.383 e. The fraction of sp³-hybridized carbons (Fsp3) is 1.00. The van der Waals surface area contributed by atoms with Crippen molar-refractivity contribution in [3.05, 3.63) is 0 Å². The predicted molar refractivity (Wildman–Crippen MR) is 42.1 cm³/mol. The van der Waals surface area contributed by atoms with Crippen molar-refractivity contribution < 1.29 is 4.74 Å². The highest BCUT2D eigenvalue weighted by Crippen LogP contribution is 2.18. The van der Waals surface area contributed by atoms with Crippen molar-refractivity contribution in [2.75, 3.05) is 26.8 Å². The van der Waals surface area contributed by atoms with Gasteiger partial charge in [-0.05, 0) is 12.8 Å². The molecule has 2 nitrogen and oxygen atoms in total. The first-order valence-electron chi connectivity index (χ1n) is 4.11. The molecule has 0 radical (unpaired) electrons. The van der Waals surface area contributed by atoms with Gasteiger partial charge in [-0.2, -0.15) is 0 Å². The average molecular weight is 143 g/mol. The van der Waals surface area contributed by atoms with Crippen LogP contribution in [0, 0.1) is 0 Å². The van der Waals surface area contributed by atoms with Crippen LogP contribution < -0.4 is 0 Å². The van der Waals surface area contributed by atoms with Crippen molar-refractivity contribution in [1.82, 2.24) is 4.90 Å². The predicted octanol–water partition coefficient (Wildman–Crippen LogP) is 1.12. The molecule has 1 saturated heterocycles. The molecule has 1 fully saturated rings. The van der Waals surface area contributed by atoms with Crippen molar-refractivity contribution >= 4 is 0 Å². The van der Waals surface area contributed by atoms with E-state index in [1.807, 2.05) is 0 Å². The van der Waals surface area contributed by atoms with Gasteiger partial charge in [0.1, 0.15) is 0 Å². The molecule has 1 aliphatic rings. The Morgan fingerprint density at radius 1 is 1.60 bits per heavy atom. The average Bonchev–Trinajstić information content (AvgIpc) is 1.88. The van der Waals surface area contributed by atoms with Gasteiger partial charge in [-0.25, -0.2) is 0 Å². The Kier molecular flexibility index (Phi) is 3.16. The van der Waals surface area contributed by atoms with Gasteiger partial charge in [0.2, 0.25) is 0 Å². The van der Waals surface area contributed by atoms with Gasteiger partial charge < -0.3 is 4.74 Å². The van der Waals surface area contributed by atoms with E-state index in [9.17, 15) is 0 Å². The third-order valence-corrected chi connectivity index (χ3v) is 2.32. The number of hydrogen-bond donors (Lipinski definition) is 0. The van der Waals surface area contributed by atoms with Crippen LogP contribution in [0.4, 0.5) is 0 Å². The van der Waals surface area contributed by atoms with E-state index in [1.54, 1.807) is 7.11 Å². The van der Waals surface area contributed by atoms with Crippen LogP contribution in [-0.2, 0) is 4.74 Å². The van der Waals surface area contributed by atoms with Gasteiger partial charge in [-0.15, -0.1) is 0 Å². The lowest BCUT2D eigenvalue weighted by atomic mass is 10.0. The summed E-state index contributed by atoms with van der Waals surface area (Å²) in [5.74, 6) is 0. The van der Waals surface area contributed by atoms with Crippen LogP contribution in [0.3, 0.4) is 0 Å². The Balaban J connectivity index is 2.05. The molecule has 60 valence electrons. The lowest BCUT2D eigenvalue weighted by Gasteiger charge is -2.40. The summed E-state index contributed by atoms with van der Waals surface area (Å²) in [6.07, 6.45) is 2.68. The van der Waals surface area contributed by atoms with Crippen LogP contribution in [0.2, 0.25) is 0 Å². The Bertz CT molecular complexity index is 93.3.